The summed E-state index contributed by atoms with van der Waals surface area (Å²) in [5, 5.41) is 8.91. The van der Waals surface area contributed by atoms with Crippen LogP contribution in [0.1, 0.15) is 11.1 Å². The second kappa shape index (κ2) is 5.70. The van der Waals surface area contributed by atoms with Gasteiger partial charge in [-0.3, -0.25) is 0 Å². The Labute approximate surface area is 114 Å². The molecule has 0 aliphatic rings. The summed E-state index contributed by atoms with van der Waals surface area (Å²) in [6, 6.07) is 13.5. The van der Waals surface area contributed by atoms with E-state index in [4.69, 9.17) is 10.00 Å². The minimum Gasteiger partial charge on any atom is -0.489 e. The molecule has 0 aromatic heterocycles. The predicted molar refractivity (Wildman–Crippen MR) is 70.6 cm³/mol. The molecule has 0 fully saturated rings. The summed E-state index contributed by atoms with van der Waals surface area (Å²) in [5.41, 5.74) is 0.387. The minimum atomic E-state index is -5.04. The lowest BCUT2D eigenvalue weighted by Gasteiger charge is -2.16. The fraction of sp³-hybridized carbons (Fsp3) is 0.0714. The van der Waals surface area contributed by atoms with E-state index in [-0.39, 0.29) is 12.4 Å². The highest BCUT2D eigenvalue weighted by molar-refractivity contribution is 6.73. The molecule has 0 saturated heterocycles. The van der Waals surface area contributed by atoms with Crippen molar-refractivity contribution in [2.24, 2.45) is 0 Å². The highest BCUT2D eigenvalue weighted by Crippen LogP contribution is 2.16. The highest BCUT2D eigenvalue weighted by Gasteiger charge is 2.25. The van der Waals surface area contributed by atoms with Gasteiger partial charge in [-0.25, -0.2) is 0 Å². The molecule has 0 spiro atoms. The summed E-state index contributed by atoms with van der Waals surface area (Å²) in [6.07, 6.45) is 0. The first-order valence-corrected chi connectivity index (χ1v) is 5.91. The Hall–Kier alpha value is -2.42. The molecular weight excluding hydrogens is 266 g/mol. The molecule has 0 aliphatic heterocycles. The van der Waals surface area contributed by atoms with E-state index in [2.05, 4.69) is 0 Å². The standard InChI is InChI=1S/C14H10BF3NO/c16-15(17,18)13-6-3-7-14(8-13)20-10-12-5-2-1-4-11(12)9-19/h1-8H,10H2/q-1. The van der Waals surface area contributed by atoms with Crippen molar-refractivity contribution in [3.8, 4) is 11.8 Å². The van der Waals surface area contributed by atoms with E-state index < -0.39 is 12.4 Å². The first kappa shape index (κ1) is 14.0. The van der Waals surface area contributed by atoms with Crippen molar-refractivity contribution in [3.05, 3.63) is 59.7 Å². The molecule has 0 saturated carbocycles. The Bertz CT molecular complexity index is 649. The Morgan fingerprint density at radius 3 is 2.50 bits per heavy atom. The molecule has 2 nitrogen and oxygen atoms in total. The third-order valence-corrected chi connectivity index (χ3v) is 2.77. The molecule has 6 heteroatoms. The van der Waals surface area contributed by atoms with Gasteiger partial charge in [0.25, 0.3) is 0 Å². The van der Waals surface area contributed by atoms with Crippen LogP contribution in [0.2, 0.25) is 0 Å². The van der Waals surface area contributed by atoms with Gasteiger partial charge in [0.15, 0.2) is 0 Å². The molecule has 2 rings (SSSR count). The molecule has 102 valence electrons. The lowest BCUT2D eigenvalue weighted by molar-refractivity contribution is 0.306. The molecule has 0 N–H and O–H groups in total. The van der Waals surface area contributed by atoms with Crippen LogP contribution in [0.15, 0.2) is 48.5 Å². The maximum Gasteiger partial charge on any atom is 0.509 e. The molecule has 0 aliphatic carbocycles. The molecule has 0 heterocycles. The summed E-state index contributed by atoms with van der Waals surface area (Å²) in [4.78, 5) is 0. The van der Waals surface area contributed by atoms with Crippen LogP contribution in [-0.4, -0.2) is 6.98 Å². The fourth-order valence-electron chi connectivity index (χ4n) is 1.72. The summed E-state index contributed by atoms with van der Waals surface area (Å²) in [7, 11) is 0. The number of rotatable bonds is 4. The van der Waals surface area contributed by atoms with Crippen LogP contribution in [0, 0.1) is 11.3 Å². The average Bonchev–Trinajstić information content (AvgIpc) is 2.45. The second-order valence-corrected chi connectivity index (χ2v) is 4.20. The Morgan fingerprint density at radius 2 is 1.80 bits per heavy atom. The number of halogens is 3. The maximum atomic E-state index is 12.6. The predicted octanol–water partition coefficient (Wildman–Crippen LogP) is 3.19. The van der Waals surface area contributed by atoms with Crippen LogP contribution < -0.4 is 10.2 Å². The Kier molecular flexibility index (Phi) is 3.99. The van der Waals surface area contributed by atoms with E-state index in [0.29, 0.717) is 11.1 Å². The fourth-order valence-corrected chi connectivity index (χ4v) is 1.72. The van der Waals surface area contributed by atoms with Gasteiger partial charge in [0.2, 0.25) is 0 Å². The van der Waals surface area contributed by atoms with E-state index in [1.54, 1.807) is 24.3 Å². The number of nitriles is 1. The average molecular weight is 276 g/mol. The molecule has 2 aromatic carbocycles. The van der Waals surface area contributed by atoms with E-state index in [1.165, 1.54) is 12.1 Å². The van der Waals surface area contributed by atoms with Gasteiger partial charge in [-0.05, 0) is 18.2 Å². The smallest absolute Gasteiger partial charge is 0.489 e. The lowest BCUT2D eigenvalue weighted by atomic mass is 9.80. The summed E-state index contributed by atoms with van der Waals surface area (Å²) < 4.78 is 43.2. The summed E-state index contributed by atoms with van der Waals surface area (Å²) >= 11 is 0. The van der Waals surface area contributed by atoms with E-state index in [0.717, 1.165) is 12.1 Å². The monoisotopic (exact) mass is 276 g/mol. The minimum absolute atomic E-state index is 0.0536. The van der Waals surface area contributed by atoms with Crippen LogP contribution in [0.3, 0.4) is 0 Å². The van der Waals surface area contributed by atoms with Crippen LogP contribution in [0.25, 0.3) is 0 Å². The van der Waals surface area contributed by atoms with Gasteiger partial charge >= 0.3 is 6.98 Å². The SMILES string of the molecule is N#Cc1ccccc1COc1cccc([B-](F)(F)F)c1. The first-order chi connectivity index (χ1) is 9.50. The first-order valence-electron chi connectivity index (χ1n) is 5.91. The summed E-state index contributed by atoms with van der Waals surface area (Å²) in [6.45, 7) is -4.99. The molecule has 2 aromatic rings. The van der Waals surface area contributed by atoms with E-state index in [9.17, 15) is 12.9 Å². The Balaban J connectivity index is 2.14. The number of hydrogen-bond donors (Lipinski definition) is 0. The quantitative estimate of drug-likeness (QED) is 0.803. The van der Waals surface area contributed by atoms with Crippen molar-refractivity contribution in [1.82, 2.24) is 0 Å². The van der Waals surface area contributed by atoms with Gasteiger partial charge < -0.3 is 17.7 Å². The highest BCUT2D eigenvalue weighted by atomic mass is 19.4. The molecule has 0 amide bonds. The molecule has 20 heavy (non-hydrogen) atoms. The van der Waals surface area contributed by atoms with Crippen molar-refractivity contribution in [2.45, 2.75) is 6.61 Å². The van der Waals surface area contributed by atoms with E-state index in [1.807, 2.05) is 6.07 Å². The molecule has 0 atom stereocenters. The van der Waals surface area contributed by atoms with Crippen LogP contribution in [0.5, 0.6) is 5.75 Å². The van der Waals surface area contributed by atoms with Crippen LogP contribution in [-0.2, 0) is 6.61 Å². The molecule has 0 unspecified atom stereocenters. The molecule has 0 radical (unpaired) electrons. The van der Waals surface area contributed by atoms with Crippen LogP contribution >= 0.6 is 0 Å². The number of ether oxygens (including phenoxy) is 1. The van der Waals surface area contributed by atoms with Crippen molar-refractivity contribution in [1.29, 1.82) is 5.26 Å². The number of benzene rings is 2. The Morgan fingerprint density at radius 1 is 1.05 bits per heavy atom. The van der Waals surface area contributed by atoms with Gasteiger partial charge in [-0.2, -0.15) is 5.26 Å². The lowest BCUT2D eigenvalue weighted by Crippen LogP contribution is -2.33. The summed E-state index contributed by atoms with van der Waals surface area (Å²) in [5.74, 6) is 0.134. The molecule has 0 bridgehead atoms. The van der Waals surface area contributed by atoms with Gasteiger partial charge in [0.1, 0.15) is 12.4 Å². The topological polar surface area (TPSA) is 33.0 Å². The largest absolute Gasteiger partial charge is 0.509 e. The van der Waals surface area contributed by atoms with Crippen molar-refractivity contribution >= 4 is 12.4 Å². The van der Waals surface area contributed by atoms with Gasteiger partial charge in [0.05, 0.1) is 11.6 Å². The zero-order chi connectivity index (χ0) is 14.6. The van der Waals surface area contributed by atoms with Crippen molar-refractivity contribution in [2.75, 3.05) is 0 Å². The maximum absolute atomic E-state index is 12.6. The second-order valence-electron chi connectivity index (χ2n) is 4.20. The molecular formula is C14H10BF3NO-. The zero-order valence-electron chi connectivity index (χ0n) is 10.4. The van der Waals surface area contributed by atoms with Crippen molar-refractivity contribution < 1.29 is 17.7 Å². The third-order valence-electron chi connectivity index (χ3n) is 2.77. The van der Waals surface area contributed by atoms with Gasteiger partial charge in [-0.1, -0.05) is 30.3 Å². The third kappa shape index (κ3) is 3.32. The number of hydrogen-bond acceptors (Lipinski definition) is 2. The normalized spacial score (nSPS) is 10.9. The zero-order valence-corrected chi connectivity index (χ0v) is 10.4. The van der Waals surface area contributed by atoms with Gasteiger partial charge in [0, 0.05) is 5.56 Å². The van der Waals surface area contributed by atoms with Gasteiger partial charge in [-0.15, -0.1) is 5.46 Å². The van der Waals surface area contributed by atoms with E-state index >= 15 is 0 Å². The number of nitrogens with zero attached hydrogens (tertiary/aromatic N) is 1. The van der Waals surface area contributed by atoms with Crippen molar-refractivity contribution in [3.63, 3.8) is 0 Å². The van der Waals surface area contributed by atoms with Crippen LogP contribution in [0.4, 0.5) is 12.9 Å².